The van der Waals surface area contributed by atoms with E-state index in [1.54, 1.807) is 36.7 Å². The van der Waals surface area contributed by atoms with Gasteiger partial charge in [-0.3, -0.25) is 25.3 Å². The lowest BCUT2D eigenvalue weighted by molar-refractivity contribution is 0.102. The van der Waals surface area contributed by atoms with E-state index in [2.05, 4.69) is 35.7 Å². The Bertz CT molecular complexity index is 1060. The Kier molecular flexibility index (Phi) is 4.40. The number of nitrogens with one attached hydrogen (secondary N) is 3. The zero-order valence-corrected chi connectivity index (χ0v) is 14.0. The molecule has 1 aromatic carbocycles. The molecule has 0 aliphatic carbocycles. The van der Waals surface area contributed by atoms with Gasteiger partial charge in [0, 0.05) is 24.4 Å². The maximum atomic E-state index is 12.9. The van der Waals surface area contributed by atoms with Crippen LogP contribution in [-0.2, 0) is 6.42 Å². The number of amides is 1. The van der Waals surface area contributed by atoms with Gasteiger partial charge in [-0.2, -0.15) is 10.1 Å². The molecule has 0 saturated carbocycles. The van der Waals surface area contributed by atoms with E-state index in [0.717, 1.165) is 11.1 Å². The number of hydrogen-bond donors (Lipinski definition) is 3. The van der Waals surface area contributed by atoms with Gasteiger partial charge in [0.2, 0.25) is 5.95 Å². The Labute approximate surface area is 152 Å². The van der Waals surface area contributed by atoms with E-state index in [9.17, 15) is 9.18 Å². The summed E-state index contributed by atoms with van der Waals surface area (Å²) >= 11 is 0. The van der Waals surface area contributed by atoms with E-state index in [4.69, 9.17) is 0 Å². The lowest BCUT2D eigenvalue weighted by atomic mass is 10.1. The second-order valence-corrected chi connectivity index (χ2v) is 5.77. The molecule has 0 atom stereocenters. The van der Waals surface area contributed by atoms with Gasteiger partial charge in [-0.05, 0) is 35.9 Å². The van der Waals surface area contributed by atoms with Crippen LogP contribution in [0.5, 0.6) is 0 Å². The van der Waals surface area contributed by atoms with Gasteiger partial charge in [0.05, 0.1) is 5.69 Å². The minimum atomic E-state index is -0.412. The molecule has 0 saturated heterocycles. The second kappa shape index (κ2) is 7.16. The van der Waals surface area contributed by atoms with Gasteiger partial charge in [-0.1, -0.05) is 12.1 Å². The molecule has 1 amide bonds. The summed E-state index contributed by atoms with van der Waals surface area (Å²) in [6.07, 6.45) is 3.77. The summed E-state index contributed by atoms with van der Waals surface area (Å²) in [4.78, 5) is 20.6. The summed E-state index contributed by atoms with van der Waals surface area (Å²) in [6.45, 7) is 0. The van der Waals surface area contributed by atoms with Crippen molar-refractivity contribution in [1.29, 1.82) is 0 Å². The van der Waals surface area contributed by atoms with Gasteiger partial charge >= 0.3 is 0 Å². The fourth-order valence-electron chi connectivity index (χ4n) is 2.49. The van der Waals surface area contributed by atoms with Crippen molar-refractivity contribution in [2.24, 2.45) is 0 Å². The quantitative estimate of drug-likeness (QED) is 0.504. The fraction of sp³-hybridized carbons (Fsp3) is 0.0556. The molecular formula is C18H14FN7O. The van der Waals surface area contributed by atoms with Crippen molar-refractivity contribution in [3.63, 3.8) is 0 Å². The van der Waals surface area contributed by atoms with Gasteiger partial charge in [0.1, 0.15) is 17.3 Å². The molecule has 0 spiro atoms. The van der Waals surface area contributed by atoms with Gasteiger partial charge in [-0.15, -0.1) is 5.10 Å². The fourth-order valence-corrected chi connectivity index (χ4v) is 2.49. The van der Waals surface area contributed by atoms with Crippen LogP contribution in [0.3, 0.4) is 0 Å². The molecule has 0 radical (unpaired) electrons. The highest BCUT2D eigenvalue weighted by atomic mass is 19.1. The number of nitrogens with zero attached hydrogens (tertiary/aromatic N) is 4. The Hall–Kier alpha value is -3.88. The number of carbonyl (C=O) groups is 1. The minimum Gasteiger partial charge on any atom is -0.288 e. The average Bonchev–Trinajstić information content (AvgIpc) is 3.34. The summed E-state index contributed by atoms with van der Waals surface area (Å²) in [5, 5.41) is 16.1. The third kappa shape index (κ3) is 3.87. The number of anilines is 1. The second-order valence-electron chi connectivity index (χ2n) is 5.77. The number of rotatable bonds is 5. The number of pyridine rings is 1. The van der Waals surface area contributed by atoms with E-state index in [1.165, 1.54) is 12.1 Å². The van der Waals surface area contributed by atoms with Crippen LogP contribution in [-0.4, -0.2) is 36.3 Å². The van der Waals surface area contributed by atoms with Crippen molar-refractivity contribution in [3.8, 4) is 11.3 Å². The van der Waals surface area contributed by atoms with E-state index in [1.807, 2.05) is 6.07 Å². The number of H-pyrrole nitrogens is 2. The molecule has 4 aromatic rings. The normalized spacial score (nSPS) is 10.7. The first kappa shape index (κ1) is 16.6. The molecule has 9 heteroatoms. The minimum absolute atomic E-state index is 0.148. The summed E-state index contributed by atoms with van der Waals surface area (Å²) in [6, 6.07) is 11.4. The molecule has 134 valence electrons. The van der Waals surface area contributed by atoms with Crippen LogP contribution in [0.2, 0.25) is 0 Å². The lowest BCUT2D eigenvalue weighted by Crippen LogP contribution is -2.13. The number of aromatic amines is 2. The van der Waals surface area contributed by atoms with E-state index >= 15 is 0 Å². The van der Waals surface area contributed by atoms with Crippen molar-refractivity contribution in [1.82, 2.24) is 30.4 Å². The van der Waals surface area contributed by atoms with Crippen molar-refractivity contribution in [2.45, 2.75) is 6.42 Å². The zero-order chi connectivity index (χ0) is 18.6. The molecule has 0 aliphatic rings. The molecule has 27 heavy (non-hydrogen) atoms. The van der Waals surface area contributed by atoms with Gasteiger partial charge in [0.25, 0.3) is 5.91 Å². The Morgan fingerprint density at radius 2 is 1.96 bits per heavy atom. The van der Waals surface area contributed by atoms with Crippen molar-refractivity contribution < 1.29 is 9.18 Å². The predicted octanol–water partition coefficient (Wildman–Crippen LogP) is 2.57. The van der Waals surface area contributed by atoms with Crippen LogP contribution in [0.1, 0.15) is 21.9 Å². The third-order valence-corrected chi connectivity index (χ3v) is 3.82. The first-order valence-electron chi connectivity index (χ1n) is 8.10. The predicted molar refractivity (Wildman–Crippen MR) is 95.4 cm³/mol. The number of benzene rings is 1. The summed E-state index contributed by atoms with van der Waals surface area (Å²) in [7, 11) is 0. The standard InChI is InChI=1S/C18H14FN7O/c19-13-5-3-11(4-6-13)8-16-21-18(26-25-16)22-17(27)15-9-14(23-24-15)12-2-1-7-20-10-12/h1-7,9-10H,8H2,(H,23,24)(H2,21,22,25,26,27). The molecule has 3 N–H and O–H groups in total. The molecule has 0 fully saturated rings. The Morgan fingerprint density at radius 1 is 1.11 bits per heavy atom. The van der Waals surface area contributed by atoms with E-state index in [0.29, 0.717) is 17.9 Å². The molecular weight excluding hydrogens is 349 g/mol. The van der Waals surface area contributed by atoms with E-state index < -0.39 is 5.91 Å². The van der Waals surface area contributed by atoms with E-state index in [-0.39, 0.29) is 17.5 Å². The molecule has 0 bridgehead atoms. The largest absolute Gasteiger partial charge is 0.288 e. The number of carbonyl (C=O) groups excluding carboxylic acids is 1. The van der Waals surface area contributed by atoms with Gasteiger partial charge in [0.15, 0.2) is 0 Å². The topological polar surface area (TPSA) is 112 Å². The molecule has 8 nitrogen and oxygen atoms in total. The van der Waals surface area contributed by atoms with Crippen molar-refractivity contribution in [3.05, 3.63) is 77.8 Å². The van der Waals surface area contributed by atoms with Crippen LogP contribution >= 0.6 is 0 Å². The third-order valence-electron chi connectivity index (χ3n) is 3.82. The maximum absolute atomic E-state index is 12.9. The van der Waals surface area contributed by atoms with Crippen LogP contribution in [0.15, 0.2) is 54.9 Å². The summed E-state index contributed by atoms with van der Waals surface area (Å²) < 4.78 is 12.9. The first-order chi connectivity index (χ1) is 13.2. The smallest absolute Gasteiger partial charge is 0.276 e. The maximum Gasteiger partial charge on any atom is 0.276 e. The van der Waals surface area contributed by atoms with Gasteiger partial charge in [-0.25, -0.2) is 4.39 Å². The Morgan fingerprint density at radius 3 is 2.74 bits per heavy atom. The number of hydrogen-bond acceptors (Lipinski definition) is 5. The van der Waals surface area contributed by atoms with Crippen LogP contribution < -0.4 is 5.32 Å². The Balaban J connectivity index is 1.42. The zero-order valence-electron chi connectivity index (χ0n) is 14.0. The number of aromatic nitrogens is 6. The molecule has 3 heterocycles. The summed E-state index contributed by atoms with van der Waals surface area (Å²) in [5.74, 6) is -0.00772. The van der Waals surface area contributed by atoms with Crippen LogP contribution in [0.25, 0.3) is 11.3 Å². The highest BCUT2D eigenvalue weighted by molar-refractivity contribution is 6.02. The van der Waals surface area contributed by atoms with Crippen molar-refractivity contribution in [2.75, 3.05) is 5.32 Å². The van der Waals surface area contributed by atoms with Gasteiger partial charge < -0.3 is 0 Å². The average molecular weight is 363 g/mol. The highest BCUT2D eigenvalue weighted by Crippen LogP contribution is 2.16. The molecule has 4 rings (SSSR count). The SMILES string of the molecule is O=C(Nc1n[nH]c(Cc2ccc(F)cc2)n1)c1cc(-c2cccnc2)n[nH]1. The first-order valence-corrected chi connectivity index (χ1v) is 8.10. The monoisotopic (exact) mass is 363 g/mol. The molecule has 0 aliphatic heterocycles. The lowest BCUT2D eigenvalue weighted by Gasteiger charge is -1.98. The van der Waals surface area contributed by atoms with Crippen LogP contribution in [0, 0.1) is 5.82 Å². The number of halogens is 1. The summed E-state index contributed by atoms with van der Waals surface area (Å²) in [5.41, 5.74) is 2.56. The van der Waals surface area contributed by atoms with Crippen LogP contribution in [0.4, 0.5) is 10.3 Å². The highest BCUT2D eigenvalue weighted by Gasteiger charge is 2.14. The molecule has 0 unspecified atom stereocenters. The molecule has 3 aromatic heterocycles. The van der Waals surface area contributed by atoms with Crippen molar-refractivity contribution >= 4 is 11.9 Å².